The Morgan fingerprint density at radius 2 is 1.93 bits per heavy atom. The zero-order chi connectivity index (χ0) is 30.9. The molecule has 2 heterocycles. The van der Waals surface area contributed by atoms with Gasteiger partial charge in [-0.25, -0.2) is 13.9 Å². The van der Waals surface area contributed by atoms with Crippen LogP contribution in [0.15, 0.2) is 30.5 Å². The second-order valence-electron chi connectivity index (χ2n) is 13.0. The van der Waals surface area contributed by atoms with Gasteiger partial charge < -0.3 is 29.1 Å². The topological polar surface area (TPSA) is 89.3 Å². The van der Waals surface area contributed by atoms with Gasteiger partial charge in [-0.2, -0.15) is 5.10 Å². The molecule has 1 aromatic heterocycles. The van der Waals surface area contributed by atoms with E-state index in [1.165, 1.54) is 12.1 Å². The number of aromatic nitrogens is 2. The van der Waals surface area contributed by atoms with Crippen molar-refractivity contribution >= 4 is 17.0 Å². The number of amides is 1. The Labute approximate surface area is 253 Å². The molecule has 1 atom stereocenters. The Morgan fingerprint density at radius 1 is 1.16 bits per heavy atom. The zero-order valence-electron chi connectivity index (χ0n) is 26.2. The third-order valence-corrected chi connectivity index (χ3v) is 8.19. The summed E-state index contributed by atoms with van der Waals surface area (Å²) in [5.41, 5.74) is 2.60. The fourth-order valence-corrected chi connectivity index (χ4v) is 5.80. The molecular formula is C33H45FN4O5. The molecular weight excluding hydrogens is 551 g/mol. The Hall–Kier alpha value is -3.37. The van der Waals surface area contributed by atoms with Gasteiger partial charge in [-0.15, -0.1) is 0 Å². The predicted octanol–water partition coefficient (Wildman–Crippen LogP) is 6.52. The van der Waals surface area contributed by atoms with Crippen LogP contribution < -0.4 is 4.74 Å². The highest BCUT2D eigenvalue weighted by atomic mass is 19.1. The minimum absolute atomic E-state index is 0.00900. The number of likely N-dealkylation sites (N-methyl/N-ethyl adjacent to an activating group) is 1. The number of rotatable bonds is 9. The molecule has 10 heteroatoms. The van der Waals surface area contributed by atoms with Crippen LogP contribution in [0.25, 0.3) is 22.0 Å². The lowest BCUT2D eigenvalue weighted by atomic mass is 9.87. The van der Waals surface area contributed by atoms with E-state index < -0.39 is 11.4 Å². The van der Waals surface area contributed by atoms with E-state index >= 15 is 0 Å². The average molecular weight is 597 g/mol. The van der Waals surface area contributed by atoms with E-state index in [9.17, 15) is 14.3 Å². The molecule has 43 heavy (non-hydrogen) atoms. The van der Waals surface area contributed by atoms with Crippen LogP contribution in [0, 0.1) is 5.82 Å². The number of phenols is 1. The summed E-state index contributed by atoms with van der Waals surface area (Å²) in [7, 11) is 3.97. The lowest BCUT2D eigenvalue weighted by Crippen LogP contribution is -2.54. The van der Waals surface area contributed by atoms with Crippen molar-refractivity contribution in [1.82, 2.24) is 19.6 Å². The van der Waals surface area contributed by atoms with Crippen LogP contribution in [-0.2, 0) is 15.9 Å². The summed E-state index contributed by atoms with van der Waals surface area (Å²) in [6.45, 7) is 9.60. The lowest BCUT2D eigenvalue weighted by Gasteiger charge is -2.43. The number of hydrogen-bond donors (Lipinski definition) is 1. The molecule has 5 rings (SSSR count). The van der Waals surface area contributed by atoms with Crippen LogP contribution in [0.3, 0.4) is 0 Å². The monoisotopic (exact) mass is 596 g/mol. The highest BCUT2D eigenvalue weighted by Gasteiger charge is 2.39. The number of phenolic OH excluding ortho intramolecular Hbond substituents is 1. The van der Waals surface area contributed by atoms with E-state index in [4.69, 9.17) is 19.3 Å². The fraction of sp³-hybridized carbons (Fsp3) is 0.576. The maximum Gasteiger partial charge on any atom is 0.410 e. The molecule has 0 spiro atoms. The Kier molecular flexibility index (Phi) is 9.18. The smallest absolute Gasteiger partial charge is 0.410 e. The standard InChI is InChI=1S/C33H45FN4O5/c1-7-21-15-29(39)27(34)19-25(21)22-14-28-26(20-35-38(28)31-10-8-9-13-41-31)30(16-22)42-24-17-23(18-24)37(12-11-36(5)6)32(40)43-33(2,3)4/h14-16,19-20,23-24,31,39H,7-13,17-18H2,1-6H3/t23-,24-,31?. The van der Waals surface area contributed by atoms with Gasteiger partial charge in [0.1, 0.15) is 17.5 Å². The van der Waals surface area contributed by atoms with Crippen molar-refractivity contribution in [2.24, 2.45) is 0 Å². The number of fused-ring (bicyclic) bond motifs is 1. The number of carbonyl (C=O) groups excluding carboxylic acids is 1. The quantitative estimate of drug-likeness (QED) is 0.301. The molecule has 1 N–H and O–H groups in total. The summed E-state index contributed by atoms with van der Waals surface area (Å²) >= 11 is 0. The van der Waals surface area contributed by atoms with Crippen molar-refractivity contribution in [2.75, 3.05) is 33.8 Å². The van der Waals surface area contributed by atoms with Gasteiger partial charge >= 0.3 is 6.09 Å². The van der Waals surface area contributed by atoms with Crippen molar-refractivity contribution in [1.29, 1.82) is 0 Å². The number of benzene rings is 2. The molecule has 234 valence electrons. The Bertz CT molecular complexity index is 1440. The summed E-state index contributed by atoms with van der Waals surface area (Å²) < 4.78 is 34.9. The first-order chi connectivity index (χ1) is 20.4. The van der Waals surface area contributed by atoms with Crippen molar-refractivity contribution in [3.8, 4) is 22.6 Å². The van der Waals surface area contributed by atoms with Crippen LogP contribution in [0.1, 0.15) is 71.6 Å². The second kappa shape index (κ2) is 12.7. The molecule has 9 nitrogen and oxygen atoms in total. The van der Waals surface area contributed by atoms with Crippen LogP contribution >= 0.6 is 0 Å². The van der Waals surface area contributed by atoms with Gasteiger partial charge in [0.25, 0.3) is 0 Å². The van der Waals surface area contributed by atoms with Gasteiger partial charge in [-0.1, -0.05) is 6.92 Å². The SMILES string of the molecule is CCc1cc(O)c(F)cc1-c1cc(O[C@H]2C[C@H](N(CCN(C)C)C(=O)OC(C)(C)C)C2)c2cnn(C3CCCCO3)c2c1. The largest absolute Gasteiger partial charge is 0.505 e. The average Bonchev–Trinajstić information content (AvgIpc) is 3.36. The molecule has 3 aromatic rings. The summed E-state index contributed by atoms with van der Waals surface area (Å²) in [5.74, 6) is -0.366. The Balaban J connectivity index is 1.44. The van der Waals surface area contributed by atoms with E-state index in [1.54, 1.807) is 0 Å². The molecule has 1 saturated heterocycles. The first kappa shape index (κ1) is 31.1. The summed E-state index contributed by atoms with van der Waals surface area (Å²) in [6.07, 6.45) is 6.14. The summed E-state index contributed by atoms with van der Waals surface area (Å²) in [6, 6.07) is 6.83. The highest BCUT2D eigenvalue weighted by Crippen LogP contribution is 2.40. The third kappa shape index (κ3) is 7.07. The van der Waals surface area contributed by atoms with E-state index in [2.05, 4.69) is 4.90 Å². The predicted molar refractivity (Wildman–Crippen MR) is 164 cm³/mol. The molecule has 0 bridgehead atoms. The van der Waals surface area contributed by atoms with Gasteiger partial charge in [0, 0.05) is 38.6 Å². The van der Waals surface area contributed by atoms with E-state index in [0.717, 1.165) is 47.8 Å². The molecule has 1 amide bonds. The van der Waals surface area contributed by atoms with Crippen molar-refractivity contribution in [3.63, 3.8) is 0 Å². The Morgan fingerprint density at radius 3 is 2.58 bits per heavy atom. The van der Waals surface area contributed by atoms with Crippen molar-refractivity contribution < 1.29 is 28.5 Å². The molecule has 1 aliphatic carbocycles. The molecule has 1 saturated carbocycles. The number of hydrogen-bond acceptors (Lipinski definition) is 7. The third-order valence-electron chi connectivity index (χ3n) is 8.19. The fourth-order valence-electron chi connectivity index (χ4n) is 5.80. The van der Waals surface area contributed by atoms with Gasteiger partial charge in [0.2, 0.25) is 0 Å². The first-order valence-electron chi connectivity index (χ1n) is 15.4. The van der Waals surface area contributed by atoms with Gasteiger partial charge in [-0.3, -0.25) is 0 Å². The first-order valence-corrected chi connectivity index (χ1v) is 15.4. The molecule has 0 radical (unpaired) electrons. The van der Waals surface area contributed by atoms with Crippen LogP contribution in [-0.4, -0.2) is 82.3 Å². The maximum absolute atomic E-state index is 14.6. The molecule has 2 aliphatic rings. The van der Waals surface area contributed by atoms with Crippen LogP contribution in [0.2, 0.25) is 0 Å². The number of carbonyl (C=O) groups is 1. The zero-order valence-corrected chi connectivity index (χ0v) is 26.2. The summed E-state index contributed by atoms with van der Waals surface area (Å²) in [4.78, 5) is 17.0. The highest BCUT2D eigenvalue weighted by molar-refractivity contribution is 5.91. The number of ether oxygens (including phenoxy) is 3. The summed E-state index contributed by atoms with van der Waals surface area (Å²) in [5, 5.41) is 15.6. The van der Waals surface area contributed by atoms with Crippen LogP contribution in [0.4, 0.5) is 9.18 Å². The number of halogens is 1. The molecule has 2 aromatic carbocycles. The second-order valence-corrected chi connectivity index (χ2v) is 13.0. The van der Waals surface area contributed by atoms with E-state index in [0.29, 0.717) is 43.7 Å². The van der Waals surface area contributed by atoms with Gasteiger partial charge in [0.15, 0.2) is 17.8 Å². The number of aromatic hydroxyl groups is 1. The van der Waals surface area contributed by atoms with E-state index in [1.807, 2.05) is 69.7 Å². The van der Waals surface area contributed by atoms with Crippen molar-refractivity contribution in [2.45, 2.75) is 90.2 Å². The van der Waals surface area contributed by atoms with E-state index in [-0.39, 0.29) is 30.2 Å². The van der Waals surface area contributed by atoms with Gasteiger partial charge in [-0.05, 0) is 102 Å². The minimum atomic E-state index is -0.666. The lowest BCUT2D eigenvalue weighted by molar-refractivity contribution is -0.0366. The number of nitrogens with zero attached hydrogens (tertiary/aromatic N) is 4. The maximum atomic E-state index is 14.6. The molecule has 2 fully saturated rings. The number of aryl methyl sites for hydroxylation is 1. The van der Waals surface area contributed by atoms with Crippen LogP contribution in [0.5, 0.6) is 11.5 Å². The molecule has 1 aliphatic heterocycles. The minimum Gasteiger partial charge on any atom is -0.505 e. The molecule has 1 unspecified atom stereocenters. The van der Waals surface area contributed by atoms with Gasteiger partial charge in [0.05, 0.1) is 17.1 Å². The normalized spacial score (nSPS) is 20.7. The van der Waals surface area contributed by atoms with Crippen molar-refractivity contribution in [3.05, 3.63) is 41.8 Å².